The van der Waals surface area contributed by atoms with E-state index in [2.05, 4.69) is 15.6 Å². The maximum absolute atomic E-state index is 12.4. The van der Waals surface area contributed by atoms with E-state index in [1.54, 1.807) is 6.07 Å². The molecule has 3 rings (SSSR count). The lowest BCUT2D eigenvalue weighted by Gasteiger charge is -2.17. The number of amidine groups is 1. The number of benzene rings is 2. The summed E-state index contributed by atoms with van der Waals surface area (Å²) in [5, 5.41) is 16.8. The molecule has 2 N–H and O–H groups in total. The zero-order valence-corrected chi connectivity index (χ0v) is 12.9. The molecule has 0 atom stereocenters. The van der Waals surface area contributed by atoms with Crippen LogP contribution in [0.2, 0.25) is 0 Å². The Morgan fingerprint density at radius 2 is 1.92 bits per heavy atom. The van der Waals surface area contributed by atoms with Crippen LogP contribution in [-0.2, 0) is 0 Å². The van der Waals surface area contributed by atoms with E-state index in [4.69, 9.17) is 0 Å². The van der Waals surface area contributed by atoms with Gasteiger partial charge in [-0.15, -0.1) is 0 Å². The number of aliphatic imine (C=N–C) groups is 1. The third-order valence-electron chi connectivity index (χ3n) is 3.67. The summed E-state index contributed by atoms with van der Waals surface area (Å²) < 4.78 is 0. The topological polar surface area (TPSA) is 96.6 Å². The van der Waals surface area contributed by atoms with Crippen molar-refractivity contribution in [2.24, 2.45) is 4.99 Å². The van der Waals surface area contributed by atoms with Crippen molar-refractivity contribution in [1.82, 2.24) is 5.32 Å². The summed E-state index contributed by atoms with van der Waals surface area (Å²) in [7, 11) is 0. The van der Waals surface area contributed by atoms with Crippen molar-refractivity contribution in [2.45, 2.75) is 6.42 Å². The minimum absolute atomic E-state index is 0.0484. The van der Waals surface area contributed by atoms with E-state index in [0.717, 1.165) is 30.9 Å². The van der Waals surface area contributed by atoms with E-state index in [1.807, 2.05) is 18.2 Å². The lowest BCUT2D eigenvalue weighted by molar-refractivity contribution is -0.384. The van der Waals surface area contributed by atoms with Gasteiger partial charge in [0.1, 0.15) is 5.84 Å². The van der Waals surface area contributed by atoms with E-state index in [1.165, 1.54) is 24.3 Å². The van der Waals surface area contributed by atoms with Crippen molar-refractivity contribution in [3.05, 3.63) is 69.8 Å². The van der Waals surface area contributed by atoms with Crippen LogP contribution in [0, 0.1) is 10.1 Å². The largest absolute Gasteiger partial charge is 0.370 e. The van der Waals surface area contributed by atoms with Crippen molar-refractivity contribution >= 4 is 23.1 Å². The second-order valence-corrected chi connectivity index (χ2v) is 5.31. The molecule has 0 radical (unpaired) electrons. The number of carbonyl (C=O) groups is 1. The van der Waals surface area contributed by atoms with Gasteiger partial charge in [-0.25, -0.2) is 0 Å². The molecule has 0 unspecified atom stereocenters. The number of anilines is 1. The van der Waals surface area contributed by atoms with Gasteiger partial charge in [0.25, 0.3) is 11.6 Å². The van der Waals surface area contributed by atoms with Gasteiger partial charge in [-0.2, -0.15) is 0 Å². The minimum atomic E-state index is -0.496. The van der Waals surface area contributed by atoms with E-state index >= 15 is 0 Å². The molecule has 1 aliphatic rings. The third kappa shape index (κ3) is 3.40. The summed E-state index contributed by atoms with van der Waals surface area (Å²) in [4.78, 5) is 27.0. The SMILES string of the molecule is O=C(Nc1ccccc1C1=NCCCN1)c1ccc([N+](=O)[O-])cc1. The molecule has 2 aromatic carbocycles. The van der Waals surface area contributed by atoms with Crippen LogP contribution in [0.15, 0.2) is 53.5 Å². The maximum atomic E-state index is 12.4. The van der Waals surface area contributed by atoms with E-state index in [0.29, 0.717) is 11.3 Å². The molecular formula is C17H16N4O3. The molecule has 0 aromatic heterocycles. The first kappa shape index (κ1) is 15.7. The van der Waals surface area contributed by atoms with Gasteiger partial charge in [0, 0.05) is 36.3 Å². The molecule has 122 valence electrons. The molecule has 1 heterocycles. The first-order valence-corrected chi connectivity index (χ1v) is 7.58. The lowest BCUT2D eigenvalue weighted by atomic mass is 10.1. The van der Waals surface area contributed by atoms with Crippen LogP contribution in [0.5, 0.6) is 0 Å². The summed E-state index contributed by atoms with van der Waals surface area (Å²) in [5.74, 6) is 0.439. The number of hydrogen-bond donors (Lipinski definition) is 2. The highest BCUT2D eigenvalue weighted by molar-refractivity contribution is 6.10. The molecular weight excluding hydrogens is 308 g/mol. The molecule has 24 heavy (non-hydrogen) atoms. The lowest BCUT2D eigenvalue weighted by Crippen LogP contribution is -2.31. The second kappa shape index (κ2) is 6.91. The van der Waals surface area contributed by atoms with Crippen LogP contribution in [-0.4, -0.2) is 29.8 Å². The Hall–Kier alpha value is -3.22. The number of nitro benzene ring substituents is 1. The summed E-state index contributed by atoms with van der Waals surface area (Å²) >= 11 is 0. The van der Waals surface area contributed by atoms with Gasteiger partial charge in [0.15, 0.2) is 0 Å². The highest BCUT2D eigenvalue weighted by atomic mass is 16.6. The van der Waals surface area contributed by atoms with E-state index < -0.39 is 4.92 Å². The highest BCUT2D eigenvalue weighted by Gasteiger charge is 2.15. The Bertz CT molecular complexity index is 800. The molecule has 2 aromatic rings. The van der Waals surface area contributed by atoms with Gasteiger partial charge in [-0.3, -0.25) is 19.9 Å². The Balaban J connectivity index is 1.82. The van der Waals surface area contributed by atoms with Gasteiger partial charge in [0.2, 0.25) is 0 Å². The maximum Gasteiger partial charge on any atom is 0.269 e. The van der Waals surface area contributed by atoms with Gasteiger partial charge >= 0.3 is 0 Å². The fourth-order valence-corrected chi connectivity index (χ4v) is 2.44. The molecule has 1 aliphatic heterocycles. The summed E-state index contributed by atoms with van der Waals surface area (Å²) in [5.41, 5.74) is 1.78. The first-order valence-electron chi connectivity index (χ1n) is 7.58. The predicted octanol–water partition coefficient (Wildman–Crippen LogP) is 2.59. The fourth-order valence-electron chi connectivity index (χ4n) is 2.44. The third-order valence-corrected chi connectivity index (χ3v) is 3.67. The summed E-state index contributed by atoms with van der Waals surface area (Å²) in [6, 6.07) is 12.9. The number of hydrogen-bond acceptors (Lipinski definition) is 5. The van der Waals surface area contributed by atoms with Crippen molar-refractivity contribution in [3.8, 4) is 0 Å². The molecule has 0 aliphatic carbocycles. The molecule has 0 saturated heterocycles. The summed E-state index contributed by atoms with van der Waals surface area (Å²) in [6.45, 7) is 1.61. The molecule has 7 heteroatoms. The average Bonchev–Trinajstić information content (AvgIpc) is 2.63. The molecule has 0 saturated carbocycles. The minimum Gasteiger partial charge on any atom is -0.370 e. The van der Waals surface area contributed by atoms with Crippen molar-refractivity contribution < 1.29 is 9.72 Å². The van der Waals surface area contributed by atoms with Crippen LogP contribution in [0.25, 0.3) is 0 Å². The van der Waals surface area contributed by atoms with Crippen LogP contribution in [0.4, 0.5) is 11.4 Å². The predicted molar refractivity (Wildman–Crippen MR) is 91.5 cm³/mol. The molecule has 0 fully saturated rings. The van der Waals surface area contributed by atoms with Crippen molar-refractivity contribution in [1.29, 1.82) is 0 Å². The number of nitrogens with zero attached hydrogens (tertiary/aromatic N) is 2. The van der Waals surface area contributed by atoms with Crippen LogP contribution in [0.1, 0.15) is 22.3 Å². The number of nitro groups is 1. The fraction of sp³-hybridized carbons (Fsp3) is 0.176. The molecule has 0 spiro atoms. The van der Waals surface area contributed by atoms with Crippen molar-refractivity contribution in [2.75, 3.05) is 18.4 Å². The number of nitrogens with one attached hydrogen (secondary N) is 2. The van der Waals surface area contributed by atoms with Crippen molar-refractivity contribution in [3.63, 3.8) is 0 Å². The van der Waals surface area contributed by atoms with E-state index in [9.17, 15) is 14.9 Å². The number of carbonyl (C=O) groups excluding carboxylic acids is 1. The van der Waals surface area contributed by atoms with Crippen LogP contribution >= 0.6 is 0 Å². The highest BCUT2D eigenvalue weighted by Crippen LogP contribution is 2.19. The monoisotopic (exact) mass is 324 g/mol. The zero-order chi connectivity index (χ0) is 16.9. The Labute approximate surface area is 138 Å². The number of amides is 1. The van der Waals surface area contributed by atoms with Gasteiger partial charge in [-0.1, -0.05) is 12.1 Å². The normalized spacial score (nSPS) is 13.6. The average molecular weight is 324 g/mol. The Kier molecular flexibility index (Phi) is 4.51. The standard InChI is InChI=1S/C17H16N4O3/c22-17(12-6-8-13(9-7-12)21(23)24)20-15-5-2-1-4-14(15)16-18-10-3-11-19-16/h1-2,4-9H,3,10-11H2,(H,18,19)(H,20,22). The Morgan fingerprint density at radius 1 is 1.17 bits per heavy atom. The van der Waals surface area contributed by atoms with Gasteiger partial charge in [-0.05, 0) is 30.7 Å². The Morgan fingerprint density at radius 3 is 2.58 bits per heavy atom. The number of para-hydroxylation sites is 1. The van der Waals surface area contributed by atoms with E-state index in [-0.39, 0.29) is 11.6 Å². The summed E-state index contributed by atoms with van der Waals surface area (Å²) in [6.07, 6.45) is 0.987. The molecule has 1 amide bonds. The number of rotatable bonds is 4. The zero-order valence-electron chi connectivity index (χ0n) is 12.9. The first-order chi connectivity index (χ1) is 11.6. The number of non-ortho nitro benzene ring substituents is 1. The van der Waals surface area contributed by atoms with Crippen LogP contribution in [0.3, 0.4) is 0 Å². The van der Waals surface area contributed by atoms with Gasteiger partial charge in [0.05, 0.1) is 10.6 Å². The van der Waals surface area contributed by atoms with Gasteiger partial charge < -0.3 is 10.6 Å². The quantitative estimate of drug-likeness (QED) is 0.667. The second-order valence-electron chi connectivity index (χ2n) is 5.31. The molecule has 7 nitrogen and oxygen atoms in total. The smallest absolute Gasteiger partial charge is 0.269 e. The van der Waals surface area contributed by atoms with Crippen LogP contribution < -0.4 is 10.6 Å². The molecule has 0 bridgehead atoms.